The Morgan fingerprint density at radius 3 is 2.72 bits per heavy atom. The molecule has 0 N–H and O–H groups in total. The van der Waals surface area contributed by atoms with Crippen LogP contribution >= 0.6 is 0 Å². The first-order valence-electron chi connectivity index (χ1n) is 9.52. The first kappa shape index (κ1) is 18.3. The Labute approximate surface area is 149 Å². The van der Waals surface area contributed by atoms with Gasteiger partial charge in [-0.3, -0.25) is 9.69 Å². The number of nitrogens with zero attached hydrogens (tertiary/aromatic N) is 2. The molecule has 2 aliphatic rings. The fraction of sp³-hybridized carbons (Fsp3) is 0.650. The molecule has 1 aromatic carbocycles. The smallest absolute Gasteiger partial charge is 0.239 e. The highest BCUT2D eigenvalue weighted by Crippen LogP contribution is 2.25. The van der Waals surface area contributed by atoms with Gasteiger partial charge in [-0.1, -0.05) is 12.1 Å². The summed E-state index contributed by atoms with van der Waals surface area (Å²) in [6.45, 7) is 6.83. The normalized spacial score (nSPS) is 24.6. The molecule has 0 bridgehead atoms. The molecule has 0 spiro atoms. The second-order valence-electron chi connectivity index (χ2n) is 7.21. The van der Waals surface area contributed by atoms with E-state index in [0.717, 1.165) is 64.1 Å². The summed E-state index contributed by atoms with van der Waals surface area (Å²) in [5, 5.41) is 0. The second kappa shape index (κ2) is 8.77. The van der Waals surface area contributed by atoms with Crippen LogP contribution in [0, 0.1) is 11.7 Å². The molecule has 4 nitrogen and oxygen atoms in total. The van der Waals surface area contributed by atoms with E-state index in [9.17, 15) is 9.18 Å². The summed E-state index contributed by atoms with van der Waals surface area (Å²) in [5.74, 6) is 0.511. The van der Waals surface area contributed by atoms with Crippen molar-refractivity contribution in [2.75, 3.05) is 32.8 Å². The highest BCUT2D eigenvalue weighted by molar-refractivity contribution is 5.82. The van der Waals surface area contributed by atoms with Crippen molar-refractivity contribution in [3.8, 4) is 0 Å². The van der Waals surface area contributed by atoms with E-state index in [-0.39, 0.29) is 17.8 Å². The predicted molar refractivity (Wildman–Crippen MR) is 95.6 cm³/mol. The maximum atomic E-state index is 13.1. The lowest BCUT2D eigenvalue weighted by Crippen LogP contribution is -2.49. The minimum atomic E-state index is -0.216. The lowest BCUT2D eigenvalue weighted by atomic mass is 9.98. The molecule has 2 aliphatic heterocycles. The number of ether oxygens (including phenoxy) is 1. The zero-order valence-corrected chi connectivity index (χ0v) is 15.1. The number of likely N-dealkylation sites (tertiary alicyclic amines) is 2. The Kier molecular flexibility index (Phi) is 6.43. The Bertz CT molecular complexity index is 563. The highest BCUT2D eigenvalue weighted by atomic mass is 19.1. The van der Waals surface area contributed by atoms with Crippen LogP contribution < -0.4 is 0 Å². The minimum Gasteiger partial charge on any atom is -0.381 e. The average molecular weight is 348 g/mol. The van der Waals surface area contributed by atoms with Crippen LogP contribution in [0.4, 0.5) is 4.39 Å². The third-order valence-corrected chi connectivity index (χ3v) is 5.34. The molecule has 2 fully saturated rings. The minimum absolute atomic E-state index is 0.0316. The summed E-state index contributed by atoms with van der Waals surface area (Å²) in [4.78, 5) is 17.4. The summed E-state index contributed by atoms with van der Waals surface area (Å²) < 4.78 is 18.6. The number of carbonyl (C=O) groups is 1. The average Bonchev–Trinajstić information content (AvgIpc) is 3.09. The van der Waals surface area contributed by atoms with Crippen molar-refractivity contribution in [3.63, 3.8) is 0 Å². The number of hydrogen-bond donors (Lipinski definition) is 0. The zero-order valence-electron chi connectivity index (χ0n) is 15.1. The Morgan fingerprint density at radius 1 is 1.20 bits per heavy atom. The van der Waals surface area contributed by atoms with Crippen LogP contribution in [0.2, 0.25) is 0 Å². The Balaban J connectivity index is 1.59. The van der Waals surface area contributed by atoms with Gasteiger partial charge in [0.05, 0.1) is 12.6 Å². The van der Waals surface area contributed by atoms with Crippen molar-refractivity contribution in [1.82, 2.24) is 9.80 Å². The van der Waals surface area contributed by atoms with Gasteiger partial charge in [-0.25, -0.2) is 4.39 Å². The third kappa shape index (κ3) is 4.79. The van der Waals surface area contributed by atoms with E-state index < -0.39 is 0 Å². The molecule has 138 valence electrons. The van der Waals surface area contributed by atoms with Gasteiger partial charge in [0.1, 0.15) is 5.82 Å². The van der Waals surface area contributed by atoms with Gasteiger partial charge in [0.25, 0.3) is 0 Å². The lowest BCUT2D eigenvalue weighted by molar-refractivity contribution is -0.138. The molecule has 0 aromatic heterocycles. The third-order valence-electron chi connectivity index (χ3n) is 5.34. The van der Waals surface area contributed by atoms with Crippen LogP contribution in [-0.2, 0) is 16.1 Å². The molecule has 2 atom stereocenters. The van der Waals surface area contributed by atoms with E-state index in [2.05, 4.69) is 4.90 Å². The summed E-state index contributed by atoms with van der Waals surface area (Å²) in [6.07, 6.45) is 4.18. The van der Waals surface area contributed by atoms with E-state index in [1.54, 1.807) is 0 Å². The predicted octanol–water partition coefficient (Wildman–Crippen LogP) is 3.07. The van der Waals surface area contributed by atoms with Crippen molar-refractivity contribution < 1.29 is 13.9 Å². The lowest BCUT2D eigenvalue weighted by Gasteiger charge is -2.36. The van der Waals surface area contributed by atoms with Crippen LogP contribution in [0.5, 0.6) is 0 Å². The van der Waals surface area contributed by atoms with Gasteiger partial charge in [0.15, 0.2) is 0 Å². The first-order valence-corrected chi connectivity index (χ1v) is 9.52. The molecule has 2 heterocycles. The van der Waals surface area contributed by atoms with Gasteiger partial charge in [-0.2, -0.15) is 0 Å². The fourth-order valence-corrected chi connectivity index (χ4v) is 4.02. The molecule has 0 radical (unpaired) electrons. The van der Waals surface area contributed by atoms with Crippen LogP contribution in [0.1, 0.15) is 38.2 Å². The van der Waals surface area contributed by atoms with Gasteiger partial charge in [-0.05, 0) is 62.8 Å². The Morgan fingerprint density at radius 2 is 1.96 bits per heavy atom. The zero-order chi connectivity index (χ0) is 17.6. The van der Waals surface area contributed by atoms with Crippen molar-refractivity contribution in [2.45, 2.75) is 45.2 Å². The van der Waals surface area contributed by atoms with Gasteiger partial charge >= 0.3 is 0 Å². The van der Waals surface area contributed by atoms with E-state index in [4.69, 9.17) is 4.74 Å². The number of halogens is 1. The van der Waals surface area contributed by atoms with E-state index >= 15 is 0 Å². The van der Waals surface area contributed by atoms with Crippen LogP contribution in [0.15, 0.2) is 24.3 Å². The molecule has 0 saturated carbocycles. The number of piperidine rings is 1. The maximum Gasteiger partial charge on any atom is 0.239 e. The summed E-state index contributed by atoms with van der Waals surface area (Å²) in [5.41, 5.74) is 1.06. The van der Waals surface area contributed by atoms with Gasteiger partial charge in [-0.15, -0.1) is 0 Å². The SMILES string of the molecule is CCOC[C@@H]1CCCN(C(=O)[C@H]2CCCN2Cc2ccc(F)cc2)C1. The quantitative estimate of drug-likeness (QED) is 0.792. The van der Waals surface area contributed by atoms with Crippen molar-refractivity contribution in [2.24, 2.45) is 5.92 Å². The number of hydrogen-bond acceptors (Lipinski definition) is 3. The molecule has 2 saturated heterocycles. The van der Waals surface area contributed by atoms with E-state index in [1.807, 2.05) is 24.0 Å². The molecular formula is C20H29FN2O2. The van der Waals surface area contributed by atoms with Gasteiger partial charge < -0.3 is 9.64 Å². The van der Waals surface area contributed by atoms with Gasteiger partial charge in [0.2, 0.25) is 5.91 Å². The topological polar surface area (TPSA) is 32.8 Å². The number of benzene rings is 1. The molecule has 5 heteroatoms. The Hall–Kier alpha value is -1.46. The maximum absolute atomic E-state index is 13.1. The first-order chi connectivity index (χ1) is 12.2. The molecule has 0 unspecified atom stereocenters. The fourth-order valence-electron chi connectivity index (χ4n) is 4.02. The van der Waals surface area contributed by atoms with Crippen LogP contribution in [-0.4, -0.2) is 54.6 Å². The number of amides is 1. The number of carbonyl (C=O) groups excluding carboxylic acids is 1. The van der Waals surface area contributed by atoms with Crippen molar-refractivity contribution in [3.05, 3.63) is 35.6 Å². The number of rotatable bonds is 6. The van der Waals surface area contributed by atoms with Crippen molar-refractivity contribution >= 4 is 5.91 Å². The molecule has 25 heavy (non-hydrogen) atoms. The standard InChI is InChI=1S/C20H29FN2O2/c1-2-25-15-17-5-3-12-23(14-17)20(24)19-6-4-11-22(19)13-16-7-9-18(21)10-8-16/h7-10,17,19H,2-6,11-15H2,1H3/t17-,19-/m1/s1. The van der Waals surface area contributed by atoms with E-state index in [0.29, 0.717) is 12.5 Å². The summed E-state index contributed by atoms with van der Waals surface area (Å²) in [7, 11) is 0. The molecule has 1 amide bonds. The molecule has 1 aromatic rings. The molecule has 3 rings (SSSR count). The van der Waals surface area contributed by atoms with Crippen LogP contribution in [0.25, 0.3) is 0 Å². The second-order valence-corrected chi connectivity index (χ2v) is 7.21. The van der Waals surface area contributed by atoms with E-state index in [1.165, 1.54) is 12.1 Å². The largest absolute Gasteiger partial charge is 0.381 e. The van der Waals surface area contributed by atoms with Crippen LogP contribution in [0.3, 0.4) is 0 Å². The summed E-state index contributed by atoms with van der Waals surface area (Å²) in [6, 6.07) is 6.58. The van der Waals surface area contributed by atoms with Gasteiger partial charge in [0, 0.05) is 26.2 Å². The molecule has 0 aliphatic carbocycles. The summed E-state index contributed by atoms with van der Waals surface area (Å²) >= 11 is 0. The monoisotopic (exact) mass is 348 g/mol. The highest BCUT2D eigenvalue weighted by Gasteiger charge is 2.35. The van der Waals surface area contributed by atoms with Crippen molar-refractivity contribution in [1.29, 1.82) is 0 Å². The molecular weight excluding hydrogens is 319 g/mol.